The van der Waals surface area contributed by atoms with Gasteiger partial charge in [-0.1, -0.05) is 99.8 Å². The number of halogens is 2. The minimum Gasteiger partial charge on any atom is -1.00 e. The predicted molar refractivity (Wildman–Crippen MR) is 124 cm³/mol. The molecule has 1 aliphatic rings. The van der Waals surface area contributed by atoms with E-state index in [0.29, 0.717) is 11.6 Å². The third kappa shape index (κ3) is 7.16. The van der Waals surface area contributed by atoms with Crippen molar-refractivity contribution in [3.8, 4) is 0 Å². The van der Waals surface area contributed by atoms with Gasteiger partial charge in [-0.25, -0.2) is 9.47 Å². The van der Waals surface area contributed by atoms with Crippen LogP contribution in [0, 0.1) is 0 Å². The van der Waals surface area contributed by atoms with Crippen LogP contribution in [0.5, 0.6) is 0 Å². The van der Waals surface area contributed by atoms with Crippen LogP contribution in [0.1, 0.15) is 83.1 Å². The number of anilines is 1. The molecule has 2 aromatic rings. The molecule has 1 unspecified atom stereocenters. The predicted octanol–water partition coefficient (Wildman–Crippen LogP) is 3.00. The Morgan fingerprint density at radius 3 is 2.16 bits per heavy atom. The van der Waals surface area contributed by atoms with Crippen molar-refractivity contribution in [3.63, 3.8) is 0 Å². The van der Waals surface area contributed by atoms with Crippen LogP contribution in [-0.2, 0) is 12.3 Å². The SMILES string of the molecule is CCCCCCCCCCCCCN1c2nccc[n+]2CC1(O)c1ccc(Cl)cc1.[Br-]. The Kier molecular flexibility index (Phi) is 11.3. The molecular weight excluding hydrogens is 474 g/mol. The fourth-order valence-electron chi connectivity index (χ4n) is 4.41. The average molecular weight is 511 g/mol. The maximum atomic E-state index is 11.6. The van der Waals surface area contributed by atoms with Crippen molar-refractivity contribution in [2.75, 3.05) is 11.4 Å². The van der Waals surface area contributed by atoms with Gasteiger partial charge in [0.25, 0.3) is 0 Å². The van der Waals surface area contributed by atoms with E-state index in [9.17, 15) is 5.11 Å². The van der Waals surface area contributed by atoms with Crippen LogP contribution in [0.2, 0.25) is 5.02 Å². The number of nitrogens with zero attached hydrogens (tertiary/aromatic N) is 3. The first-order chi connectivity index (χ1) is 14.6. The number of benzene rings is 1. The third-order valence-electron chi connectivity index (χ3n) is 6.17. The molecule has 172 valence electrons. The zero-order chi connectivity index (χ0) is 21.2. The van der Waals surface area contributed by atoms with E-state index in [2.05, 4.69) is 16.8 Å². The van der Waals surface area contributed by atoms with Gasteiger partial charge in [-0.2, -0.15) is 0 Å². The molecule has 1 N–H and O–H groups in total. The molecule has 6 heteroatoms. The molecule has 1 aromatic carbocycles. The number of hydrogen-bond acceptors (Lipinski definition) is 3. The lowest BCUT2D eigenvalue weighted by Gasteiger charge is -2.28. The summed E-state index contributed by atoms with van der Waals surface area (Å²) in [4.78, 5) is 6.61. The van der Waals surface area contributed by atoms with Crippen LogP contribution in [-0.4, -0.2) is 16.6 Å². The second-order valence-corrected chi connectivity index (χ2v) is 8.99. The molecular formula is C25H37BrClN3O. The highest BCUT2D eigenvalue weighted by Crippen LogP contribution is 2.34. The summed E-state index contributed by atoms with van der Waals surface area (Å²) < 4.78 is 2.03. The van der Waals surface area contributed by atoms with E-state index in [1.807, 2.05) is 41.1 Å². The van der Waals surface area contributed by atoms with Gasteiger partial charge in [-0.3, -0.25) is 0 Å². The lowest BCUT2D eigenvalue weighted by molar-refractivity contribution is -0.685. The van der Waals surface area contributed by atoms with Crippen LogP contribution in [0.25, 0.3) is 0 Å². The first kappa shape index (κ1) is 26.1. The molecule has 0 amide bonds. The Balaban J connectivity index is 0.00000341. The van der Waals surface area contributed by atoms with Gasteiger partial charge in [0.1, 0.15) is 12.7 Å². The first-order valence-electron chi connectivity index (χ1n) is 11.8. The number of unbranched alkanes of at least 4 members (excludes halogenated alkanes) is 10. The Morgan fingerprint density at radius 2 is 1.55 bits per heavy atom. The largest absolute Gasteiger partial charge is 1.00 e. The van der Waals surface area contributed by atoms with Crippen molar-refractivity contribution in [1.82, 2.24) is 4.98 Å². The molecule has 4 nitrogen and oxygen atoms in total. The highest BCUT2D eigenvalue weighted by molar-refractivity contribution is 6.30. The number of hydrogen-bond donors (Lipinski definition) is 1. The molecule has 1 aliphatic heterocycles. The van der Waals surface area contributed by atoms with E-state index in [1.54, 1.807) is 6.20 Å². The lowest BCUT2D eigenvalue weighted by Crippen LogP contribution is -3.00. The van der Waals surface area contributed by atoms with Crippen LogP contribution in [0.4, 0.5) is 5.95 Å². The summed E-state index contributed by atoms with van der Waals surface area (Å²) in [7, 11) is 0. The van der Waals surface area contributed by atoms with Gasteiger partial charge in [0.05, 0.1) is 12.7 Å². The van der Waals surface area contributed by atoms with Crippen molar-refractivity contribution in [1.29, 1.82) is 0 Å². The quantitative estimate of drug-likeness (QED) is 0.333. The molecule has 0 spiro atoms. The number of aromatic nitrogens is 2. The summed E-state index contributed by atoms with van der Waals surface area (Å²) in [6.45, 7) is 3.55. The van der Waals surface area contributed by atoms with Crippen LogP contribution < -0.4 is 26.4 Å². The fraction of sp³-hybridized carbons (Fsp3) is 0.600. The van der Waals surface area contributed by atoms with E-state index in [4.69, 9.17) is 11.6 Å². The minimum atomic E-state index is -1.08. The maximum Gasteiger partial charge on any atom is 0.396 e. The molecule has 0 fully saturated rings. The summed E-state index contributed by atoms with van der Waals surface area (Å²) in [5.74, 6) is 0.835. The van der Waals surface area contributed by atoms with Gasteiger partial charge < -0.3 is 22.1 Å². The Hall–Kier alpha value is -1.17. The molecule has 0 radical (unpaired) electrons. The molecule has 3 rings (SSSR count). The molecule has 31 heavy (non-hydrogen) atoms. The van der Waals surface area contributed by atoms with Gasteiger partial charge in [0, 0.05) is 16.7 Å². The topological polar surface area (TPSA) is 40.2 Å². The van der Waals surface area contributed by atoms with Crippen molar-refractivity contribution >= 4 is 17.5 Å². The molecule has 0 saturated carbocycles. The molecule has 2 heterocycles. The number of aliphatic hydroxyl groups is 1. The van der Waals surface area contributed by atoms with Crippen molar-refractivity contribution in [3.05, 3.63) is 53.3 Å². The van der Waals surface area contributed by atoms with Crippen LogP contribution in [0.3, 0.4) is 0 Å². The number of fused-ring (bicyclic) bond motifs is 1. The summed E-state index contributed by atoms with van der Waals surface area (Å²) in [5, 5.41) is 12.3. The molecule has 0 aliphatic carbocycles. The van der Waals surface area contributed by atoms with Gasteiger partial charge in [-0.05, 0) is 18.6 Å². The molecule has 1 atom stereocenters. The second-order valence-electron chi connectivity index (χ2n) is 8.56. The average Bonchev–Trinajstić information content (AvgIpc) is 3.05. The number of rotatable bonds is 13. The van der Waals surface area contributed by atoms with Gasteiger partial charge >= 0.3 is 5.95 Å². The van der Waals surface area contributed by atoms with Gasteiger partial charge in [0.2, 0.25) is 5.72 Å². The van der Waals surface area contributed by atoms with Gasteiger partial charge in [-0.15, -0.1) is 0 Å². The van der Waals surface area contributed by atoms with Crippen molar-refractivity contribution in [2.45, 2.75) is 89.8 Å². The maximum absolute atomic E-state index is 11.6. The normalized spacial score (nSPS) is 17.5. The highest BCUT2D eigenvalue weighted by Gasteiger charge is 2.51. The first-order valence-corrected chi connectivity index (χ1v) is 12.1. The van der Waals surface area contributed by atoms with Crippen LogP contribution >= 0.6 is 11.6 Å². The van der Waals surface area contributed by atoms with E-state index >= 15 is 0 Å². The third-order valence-corrected chi connectivity index (χ3v) is 6.42. The Labute approximate surface area is 203 Å². The molecule has 0 bridgehead atoms. The highest BCUT2D eigenvalue weighted by atomic mass is 79.9. The molecule has 0 saturated heterocycles. The van der Waals surface area contributed by atoms with Crippen molar-refractivity contribution < 1.29 is 26.7 Å². The zero-order valence-electron chi connectivity index (χ0n) is 18.8. The van der Waals surface area contributed by atoms with E-state index < -0.39 is 5.72 Å². The van der Waals surface area contributed by atoms with Gasteiger partial charge in [0.15, 0.2) is 0 Å². The standard InChI is InChI=1S/C25H37ClN3O.BrH/c1-2-3-4-5-6-7-8-9-10-11-12-20-29-24-27-18-13-19-28(24)21-25(29,30)22-14-16-23(26)17-15-22;/h13-19,30H,2-12,20-21H2,1H3;1H/q+1;/p-1. The summed E-state index contributed by atoms with van der Waals surface area (Å²) in [6, 6.07) is 9.44. The monoisotopic (exact) mass is 509 g/mol. The fourth-order valence-corrected chi connectivity index (χ4v) is 4.54. The Morgan fingerprint density at radius 1 is 0.968 bits per heavy atom. The van der Waals surface area contributed by atoms with E-state index in [-0.39, 0.29) is 17.0 Å². The Bertz CT molecular complexity index is 774. The summed E-state index contributed by atoms with van der Waals surface area (Å²) >= 11 is 6.06. The van der Waals surface area contributed by atoms with E-state index in [1.165, 1.54) is 64.2 Å². The summed E-state index contributed by atoms with van der Waals surface area (Å²) in [5.41, 5.74) is -0.217. The van der Waals surface area contributed by atoms with E-state index in [0.717, 1.165) is 24.5 Å². The van der Waals surface area contributed by atoms with Crippen molar-refractivity contribution in [2.24, 2.45) is 0 Å². The summed E-state index contributed by atoms with van der Waals surface area (Å²) in [6.07, 6.45) is 18.2. The lowest BCUT2D eigenvalue weighted by atomic mass is 10.0. The van der Waals surface area contributed by atoms with Crippen LogP contribution in [0.15, 0.2) is 42.7 Å². The smallest absolute Gasteiger partial charge is 0.396 e. The second kappa shape index (κ2) is 13.4. The molecule has 1 aromatic heterocycles. The minimum absolute atomic E-state index is 0. The zero-order valence-corrected chi connectivity index (χ0v) is 21.1.